The monoisotopic (exact) mass is 252 g/mol. The lowest BCUT2D eigenvalue weighted by Crippen LogP contribution is -1.96. The number of rotatable bonds is 3. The maximum atomic E-state index is 5.65. The first-order chi connectivity index (χ1) is 8.13. The van der Waals surface area contributed by atoms with Crippen molar-refractivity contribution in [1.29, 1.82) is 0 Å². The molecule has 6 nitrogen and oxygen atoms in total. The van der Waals surface area contributed by atoms with E-state index in [2.05, 4.69) is 15.0 Å². The molecule has 90 valence electrons. The van der Waals surface area contributed by atoms with E-state index in [0.29, 0.717) is 22.7 Å². The van der Waals surface area contributed by atoms with Crippen LogP contribution in [0.1, 0.15) is 5.69 Å². The number of aryl methyl sites for hydroxylation is 1. The number of ether oxygens (including phenoxy) is 2. The molecular weight excluding hydrogens is 240 g/mol. The summed E-state index contributed by atoms with van der Waals surface area (Å²) in [4.78, 5) is 13.4. The largest absolute Gasteiger partial charge is 0.481 e. The lowest BCUT2D eigenvalue weighted by atomic mass is 10.3. The van der Waals surface area contributed by atoms with E-state index in [-0.39, 0.29) is 0 Å². The predicted octanol–water partition coefficient (Wildman–Crippen LogP) is 1.51. The molecule has 2 N–H and O–H groups in total. The summed E-state index contributed by atoms with van der Waals surface area (Å²) < 4.78 is 10.2. The molecule has 0 aromatic carbocycles. The molecule has 0 saturated heterocycles. The number of anilines is 1. The molecule has 17 heavy (non-hydrogen) atoms. The zero-order valence-electron chi connectivity index (χ0n) is 9.72. The average molecular weight is 252 g/mol. The highest BCUT2D eigenvalue weighted by Gasteiger charge is 2.13. The Kier molecular flexibility index (Phi) is 3.10. The Morgan fingerprint density at radius 1 is 1.12 bits per heavy atom. The standard InChI is InChI=1S/C10H12N4O2S/c1-5-8(17-10(11)12-5)9-13-6(15-2)4-7(14-9)16-3/h4H,1-3H3,(H2,11,12). The second-order valence-corrected chi connectivity index (χ2v) is 4.27. The summed E-state index contributed by atoms with van der Waals surface area (Å²) in [6, 6.07) is 1.61. The SMILES string of the molecule is COc1cc(OC)nc(-c2sc(N)nc2C)n1. The number of nitrogens with zero attached hydrogens (tertiary/aromatic N) is 3. The Balaban J connectivity index is 2.54. The predicted molar refractivity (Wildman–Crippen MR) is 65.4 cm³/mol. The number of thiazole rings is 1. The molecule has 2 rings (SSSR count). The molecule has 0 fully saturated rings. The van der Waals surface area contributed by atoms with E-state index < -0.39 is 0 Å². The van der Waals surface area contributed by atoms with Crippen molar-refractivity contribution in [3.63, 3.8) is 0 Å². The van der Waals surface area contributed by atoms with Gasteiger partial charge in [0.05, 0.1) is 30.9 Å². The fourth-order valence-corrected chi connectivity index (χ4v) is 2.11. The highest BCUT2D eigenvalue weighted by molar-refractivity contribution is 7.18. The molecule has 0 aliphatic rings. The van der Waals surface area contributed by atoms with E-state index in [0.717, 1.165) is 10.6 Å². The Morgan fingerprint density at radius 2 is 1.71 bits per heavy atom. The third kappa shape index (κ3) is 2.28. The summed E-state index contributed by atoms with van der Waals surface area (Å²) in [5, 5.41) is 0.489. The van der Waals surface area contributed by atoms with Crippen molar-refractivity contribution in [3.05, 3.63) is 11.8 Å². The van der Waals surface area contributed by atoms with E-state index in [1.165, 1.54) is 11.3 Å². The zero-order chi connectivity index (χ0) is 12.4. The Hall–Kier alpha value is -1.89. The summed E-state index contributed by atoms with van der Waals surface area (Å²) in [7, 11) is 3.08. The van der Waals surface area contributed by atoms with Crippen LogP contribution in [0.5, 0.6) is 11.8 Å². The maximum Gasteiger partial charge on any atom is 0.220 e. The molecule has 0 unspecified atom stereocenters. The first kappa shape index (κ1) is 11.6. The average Bonchev–Trinajstić information content (AvgIpc) is 2.67. The minimum absolute atomic E-state index is 0.443. The van der Waals surface area contributed by atoms with Gasteiger partial charge in [-0.3, -0.25) is 0 Å². The fraction of sp³-hybridized carbons (Fsp3) is 0.300. The molecule has 0 bridgehead atoms. The van der Waals surface area contributed by atoms with E-state index in [4.69, 9.17) is 15.2 Å². The van der Waals surface area contributed by atoms with Gasteiger partial charge in [-0.2, -0.15) is 9.97 Å². The van der Waals surface area contributed by atoms with Crippen molar-refractivity contribution in [2.24, 2.45) is 0 Å². The lowest BCUT2D eigenvalue weighted by molar-refractivity contribution is 0.373. The molecule has 0 amide bonds. The van der Waals surface area contributed by atoms with Gasteiger partial charge in [-0.05, 0) is 6.92 Å². The molecule has 2 aromatic heterocycles. The minimum Gasteiger partial charge on any atom is -0.481 e. The quantitative estimate of drug-likeness (QED) is 0.891. The van der Waals surface area contributed by atoms with E-state index in [1.54, 1.807) is 20.3 Å². The lowest BCUT2D eigenvalue weighted by Gasteiger charge is -2.05. The van der Waals surface area contributed by atoms with E-state index in [9.17, 15) is 0 Å². The van der Waals surface area contributed by atoms with Gasteiger partial charge in [0.2, 0.25) is 11.8 Å². The molecule has 0 radical (unpaired) electrons. The van der Waals surface area contributed by atoms with E-state index in [1.807, 2.05) is 6.92 Å². The topological polar surface area (TPSA) is 83.2 Å². The molecule has 0 atom stereocenters. The summed E-state index contributed by atoms with van der Waals surface area (Å²) in [6.07, 6.45) is 0. The number of aromatic nitrogens is 3. The number of hydrogen-bond acceptors (Lipinski definition) is 7. The number of methoxy groups -OCH3 is 2. The Morgan fingerprint density at radius 3 is 2.12 bits per heavy atom. The smallest absolute Gasteiger partial charge is 0.220 e. The second-order valence-electron chi connectivity index (χ2n) is 3.24. The zero-order valence-corrected chi connectivity index (χ0v) is 10.5. The van der Waals surface area contributed by atoms with Gasteiger partial charge >= 0.3 is 0 Å². The van der Waals surface area contributed by atoms with Crippen molar-refractivity contribution in [3.8, 4) is 22.5 Å². The molecule has 2 aromatic rings. The summed E-state index contributed by atoms with van der Waals surface area (Å²) in [5.74, 6) is 1.39. The van der Waals surface area contributed by atoms with Crippen LogP contribution in [0.25, 0.3) is 10.7 Å². The van der Waals surface area contributed by atoms with Crippen LogP contribution in [0, 0.1) is 6.92 Å². The highest BCUT2D eigenvalue weighted by atomic mass is 32.1. The third-order valence-electron chi connectivity index (χ3n) is 2.11. The van der Waals surface area contributed by atoms with Crippen LogP contribution in [-0.4, -0.2) is 29.2 Å². The van der Waals surface area contributed by atoms with Crippen molar-refractivity contribution in [1.82, 2.24) is 15.0 Å². The summed E-state index contributed by atoms with van der Waals surface area (Å²) in [6.45, 7) is 1.86. The minimum atomic E-state index is 0.443. The van der Waals surface area contributed by atoms with Gasteiger partial charge in [-0.1, -0.05) is 11.3 Å². The first-order valence-electron chi connectivity index (χ1n) is 4.84. The van der Waals surface area contributed by atoms with Crippen molar-refractivity contribution in [2.75, 3.05) is 20.0 Å². The summed E-state index contributed by atoms with van der Waals surface area (Å²) in [5.41, 5.74) is 6.44. The van der Waals surface area contributed by atoms with Gasteiger partial charge in [0.25, 0.3) is 0 Å². The molecule has 7 heteroatoms. The highest BCUT2D eigenvalue weighted by Crippen LogP contribution is 2.31. The summed E-state index contributed by atoms with van der Waals surface area (Å²) >= 11 is 1.34. The fourth-order valence-electron chi connectivity index (χ4n) is 1.34. The van der Waals surface area contributed by atoms with Crippen LogP contribution < -0.4 is 15.2 Å². The molecular formula is C10H12N4O2S. The van der Waals surface area contributed by atoms with Crippen LogP contribution in [0.3, 0.4) is 0 Å². The van der Waals surface area contributed by atoms with Crippen LogP contribution in [-0.2, 0) is 0 Å². The van der Waals surface area contributed by atoms with Gasteiger partial charge in [0, 0.05) is 0 Å². The van der Waals surface area contributed by atoms with Crippen LogP contribution >= 0.6 is 11.3 Å². The van der Waals surface area contributed by atoms with Crippen LogP contribution in [0.4, 0.5) is 5.13 Å². The van der Waals surface area contributed by atoms with Crippen LogP contribution in [0.15, 0.2) is 6.07 Å². The number of hydrogen-bond donors (Lipinski definition) is 1. The molecule has 0 aliphatic heterocycles. The number of nitrogen functional groups attached to an aromatic ring is 1. The first-order valence-corrected chi connectivity index (χ1v) is 5.66. The second kappa shape index (κ2) is 4.54. The van der Waals surface area contributed by atoms with Crippen molar-refractivity contribution >= 4 is 16.5 Å². The van der Waals surface area contributed by atoms with Gasteiger partial charge in [-0.25, -0.2) is 4.98 Å². The van der Waals surface area contributed by atoms with Crippen molar-refractivity contribution in [2.45, 2.75) is 6.92 Å². The number of nitrogens with two attached hydrogens (primary N) is 1. The normalized spacial score (nSPS) is 10.3. The van der Waals surface area contributed by atoms with Gasteiger partial charge in [0.15, 0.2) is 11.0 Å². The van der Waals surface area contributed by atoms with Gasteiger partial charge < -0.3 is 15.2 Å². The molecule has 2 heterocycles. The Bertz CT molecular complexity index is 519. The molecule has 0 spiro atoms. The van der Waals surface area contributed by atoms with Gasteiger partial charge in [0.1, 0.15) is 0 Å². The maximum absolute atomic E-state index is 5.65. The van der Waals surface area contributed by atoms with Crippen molar-refractivity contribution < 1.29 is 9.47 Å². The third-order valence-corrected chi connectivity index (χ3v) is 3.10. The Labute approximate surface area is 102 Å². The van der Waals surface area contributed by atoms with Gasteiger partial charge in [-0.15, -0.1) is 0 Å². The molecule has 0 saturated carbocycles. The van der Waals surface area contributed by atoms with E-state index >= 15 is 0 Å². The van der Waals surface area contributed by atoms with Crippen LogP contribution in [0.2, 0.25) is 0 Å². The molecule has 0 aliphatic carbocycles.